The first kappa shape index (κ1) is 14.8. The highest BCUT2D eigenvalue weighted by molar-refractivity contribution is 8.14. The van der Waals surface area contributed by atoms with E-state index in [1.54, 1.807) is 11.8 Å². The molecule has 6 heteroatoms. The number of hydrogen-bond donors (Lipinski definition) is 2. The molecule has 21 heavy (non-hydrogen) atoms. The number of rotatable bonds is 4. The molecule has 2 aliphatic heterocycles. The fourth-order valence-corrected chi connectivity index (χ4v) is 3.77. The molecule has 1 aromatic carbocycles. The molecule has 3 rings (SSSR count). The lowest BCUT2D eigenvalue weighted by Crippen LogP contribution is -2.25. The van der Waals surface area contributed by atoms with Crippen molar-refractivity contribution in [1.82, 2.24) is 5.32 Å². The number of nitrogens with zero attached hydrogens (tertiary/aromatic N) is 2. The largest absolute Gasteiger partial charge is 0.365 e. The number of anilines is 1. The molecule has 0 spiro atoms. The fourth-order valence-electron chi connectivity index (χ4n) is 2.17. The highest BCUT2D eigenvalue weighted by Gasteiger charge is 2.07. The predicted molar refractivity (Wildman–Crippen MR) is 95.9 cm³/mol. The number of amidine groups is 2. The van der Waals surface area contributed by atoms with E-state index in [-0.39, 0.29) is 0 Å². The molecule has 0 aromatic heterocycles. The standard InChI is InChI=1S/C15H20N4S2/c1-7-16-14(20-10-1)17-8-6-12-2-4-13(5-3-12)19-15-18-9-11-21-15/h2-5H,1,6-11H2,(H,16,17)(H,18,19). The van der Waals surface area contributed by atoms with Crippen LogP contribution in [-0.4, -0.2) is 41.5 Å². The molecule has 0 saturated heterocycles. The van der Waals surface area contributed by atoms with Crippen molar-refractivity contribution < 1.29 is 0 Å². The average molecular weight is 320 g/mol. The monoisotopic (exact) mass is 320 g/mol. The zero-order valence-electron chi connectivity index (χ0n) is 12.0. The SMILES string of the molecule is c1cc(NC2=NCCS2)ccc1CCNC1=NCCCS1. The van der Waals surface area contributed by atoms with E-state index >= 15 is 0 Å². The van der Waals surface area contributed by atoms with Crippen LogP contribution in [0.4, 0.5) is 5.69 Å². The van der Waals surface area contributed by atoms with Gasteiger partial charge in [0.25, 0.3) is 0 Å². The molecule has 2 heterocycles. The third-order valence-electron chi connectivity index (χ3n) is 3.28. The second kappa shape index (κ2) is 7.75. The number of thioether (sulfide) groups is 2. The van der Waals surface area contributed by atoms with E-state index in [1.165, 1.54) is 17.7 Å². The van der Waals surface area contributed by atoms with Gasteiger partial charge in [-0.15, -0.1) is 0 Å². The molecule has 0 saturated carbocycles. The van der Waals surface area contributed by atoms with Crippen molar-refractivity contribution in [2.45, 2.75) is 12.8 Å². The van der Waals surface area contributed by atoms with Gasteiger partial charge in [0.15, 0.2) is 10.3 Å². The summed E-state index contributed by atoms with van der Waals surface area (Å²) in [7, 11) is 0. The summed E-state index contributed by atoms with van der Waals surface area (Å²) in [6, 6.07) is 8.62. The van der Waals surface area contributed by atoms with E-state index in [1.807, 2.05) is 11.8 Å². The van der Waals surface area contributed by atoms with Crippen molar-refractivity contribution in [2.24, 2.45) is 9.98 Å². The van der Waals surface area contributed by atoms with Gasteiger partial charge in [-0.3, -0.25) is 9.98 Å². The molecule has 112 valence electrons. The van der Waals surface area contributed by atoms with Gasteiger partial charge in [0.05, 0.1) is 6.54 Å². The Kier molecular flexibility index (Phi) is 5.46. The van der Waals surface area contributed by atoms with Crippen LogP contribution in [0.25, 0.3) is 0 Å². The second-order valence-corrected chi connectivity index (χ2v) is 7.09. The van der Waals surface area contributed by atoms with Gasteiger partial charge >= 0.3 is 0 Å². The third kappa shape index (κ3) is 4.68. The molecular formula is C15H20N4S2. The predicted octanol–water partition coefficient (Wildman–Crippen LogP) is 2.83. The maximum Gasteiger partial charge on any atom is 0.161 e. The van der Waals surface area contributed by atoms with Crippen molar-refractivity contribution >= 4 is 39.5 Å². The van der Waals surface area contributed by atoms with Gasteiger partial charge in [-0.05, 0) is 30.5 Å². The Morgan fingerprint density at radius 3 is 2.48 bits per heavy atom. The molecule has 2 N–H and O–H groups in total. The summed E-state index contributed by atoms with van der Waals surface area (Å²) in [6.45, 7) is 2.84. The Morgan fingerprint density at radius 2 is 1.76 bits per heavy atom. The van der Waals surface area contributed by atoms with Crippen molar-refractivity contribution in [1.29, 1.82) is 0 Å². The molecule has 0 fully saturated rings. The first-order valence-electron chi connectivity index (χ1n) is 7.34. The Bertz CT molecular complexity index is 525. The molecule has 1 aromatic rings. The highest BCUT2D eigenvalue weighted by Crippen LogP contribution is 2.16. The lowest BCUT2D eigenvalue weighted by Gasteiger charge is -2.13. The topological polar surface area (TPSA) is 48.8 Å². The lowest BCUT2D eigenvalue weighted by atomic mass is 10.1. The molecule has 2 aliphatic rings. The number of aliphatic imine (C=N–C) groups is 2. The van der Waals surface area contributed by atoms with Gasteiger partial charge in [0.1, 0.15) is 0 Å². The minimum atomic E-state index is 0.929. The number of benzene rings is 1. The second-order valence-electron chi connectivity index (χ2n) is 4.92. The number of nitrogens with one attached hydrogen (secondary N) is 2. The maximum absolute atomic E-state index is 4.48. The van der Waals surface area contributed by atoms with Crippen LogP contribution in [0.1, 0.15) is 12.0 Å². The quantitative estimate of drug-likeness (QED) is 0.896. The molecule has 0 amide bonds. The first-order valence-corrected chi connectivity index (χ1v) is 9.31. The van der Waals surface area contributed by atoms with Crippen LogP contribution in [0.15, 0.2) is 34.3 Å². The van der Waals surface area contributed by atoms with Gasteiger partial charge < -0.3 is 10.6 Å². The van der Waals surface area contributed by atoms with E-state index in [0.717, 1.165) is 47.8 Å². The van der Waals surface area contributed by atoms with Gasteiger partial charge in [-0.2, -0.15) is 0 Å². The Balaban J connectivity index is 1.44. The van der Waals surface area contributed by atoms with E-state index in [4.69, 9.17) is 0 Å². The van der Waals surface area contributed by atoms with Gasteiger partial charge in [-0.25, -0.2) is 0 Å². The zero-order chi connectivity index (χ0) is 14.3. The van der Waals surface area contributed by atoms with Gasteiger partial charge in [-0.1, -0.05) is 35.7 Å². The van der Waals surface area contributed by atoms with E-state index < -0.39 is 0 Å². The van der Waals surface area contributed by atoms with Crippen LogP contribution >= 0.6 is 23.5 Å². The van der Waals surface area contributed by atoms with Crippen LogP contribution in [-0.2, 0) is 6.42 Å². The summed E-state index contributed by atoms with van der Waals surface area (Å²) >= 11 is 3.62. The molecule has 0 radical (unpaired) electrons. The lowest BCUT2D eigenvalue weighted by molar-refractivity contribution is 0.853. The van der Waals surface area contributed by atoms with Crippen LogP contribution in [0.5, 0.6) is 0 Å². The van der Waals surface area contributed by atoms with Crippen LogP contribution < -0.4 is 10.6 Å². The van der Waals surface area contributed by atoms with Crippen LogP contribution in [0, 0.1) is 0 Å². The first-order chi connectivity index (χ1) is 10.4. The van der Waals surface area contributed by atoms with Crippen LogP contribution in [0.2, 0.25) is 0 Å². The molecule has 0 unspecified atom stereocenters. The number of hydrogen-bond acceptors (Lipinski definition) is 6. The molecule has 4 nitrogen and oxygen atoms in total. The fraction of sp³-hybridized carbons (Fsp3) is 0.467. The van der Waals surface area contributed by atoms with Crippen LogP contribution in [0.3, 0.4) is 0 Å². The molecular weight excluding hydrogens is 300 g/mol. The summed E-state index contributed by atoms with van der Waals surface area (Å²) in [6.07, 6.45) is 2.23. The minimum absolute atomic E-state index is 0.929. The van der Waals surface area contributed by atoms with E-state index in [9.17, 15) is 0 Å². The summed E-state index contributed by atoms with van der Waals surface area (Å²) in [5, 5.41) is 8.91. The minimum Gasteiger partial charge on any atom is -0.365 e. The van der Waals surface area contributed by atoms with Crippen molar-refractivity contribution in [2.75, 3.05) is 36.5 Å². The Morgan fingerprint density at radius 1 is 0.952 bits per heavy atom. The summed E-state index contributed by atoms with van der Waals surface area (Å²) in [5.74, 6) is 2.28. The Labute approximate surface area is 134 Å². The average Bonchev–Trinajstić information content (AvgIpc) is 3.03. The summed E-state index contributed by atoms with van der Waals surface area (Å²) < 4.78 is 0. The Hall–Kier alpha value is -1.14. The molecule has 0 bridgehead atoms. The molecule has 0 atom stereocenters. The van der Waals surface area contributed by atoms with Crippen molar-refractivity contribution in [3.63, 3.8) is 0 Å². The van der Waals surface area contributed by atoms with E-state index in [2.05, 4.69) is 44.9 Å². The molecule has 0 aliphatic carbocycles. The normalized spacial score (nSPS) is 18.1. The maximum atomic E-state index is 4.48. The summed E-state index contributed by atoms with van der Waals surface area (Å²) in [4.78, 5) is 8.87. The third-order valence-corrected chi connectivity index (χ3v) is 5.21. The highest BCUT2D eigenvalue weighted by atomic mass is 32.2. The van der Waals surface area contributed by atoms with Crippen molar-refractivity contribution in [3.05, 3.63) is 29.8 Å². The van der Waals surface area contributed by atoms with Gasteiger partial charge in [0, 0.05) is 30.3 Å². The summed E-state index contributed by atoms with van der Waals surface area (Å²) in [5.41, 5.74) is 2.46. The van der Waals surface area contributed by atoms with Gasteiger partial charge in [0.2, 0.25) is 0 Å². The van der Waals surface area contributed by atoms with Crippen molar-refractivity contribution in [3.8, 4) is 0 Å². The zero-order valence-corrected chi connectivity index (χ0v) is 13.6. The van der Waals surface area contributed by atoms with E-state index in [0.29, 0.717) is 0 Å². The smallest absolute Gasteiger partial charge is 0.161 e.